The lowest BCUT2D eigenvalue weighted by Crippen LogP contribution is -2.56. The van der Waals surface area contributed by atoms with Crippen LogP contribution in [-0.4, -0.2) is 10.9 Å². The van der Waals surface area contributed by atoms with E-state index in [1.165, 1.54) is 0 Å². The molecular weight excluding hydrogens is 164 g/mol. The lowest BCUT2D eigenvalue weighted by Gasteiger charge is -2.59. The molecule has 0 unspecified atom stereocenters. The van der Waals surface area contributed by atoms with Crippen molar-refractivity contribution in [1.29, 1.82) is 0 Å². The van der Waals surface area contributed by atoms with Crippen molar-refractivity contribution < 1.29 is 9.90 Å². The quantitative estimate of drug-likeness (QED) is 0.459. The largest absolute Gasteiger partial charge is 0.515 e. The molecule has 1 N–H and O–H groups in total. The molecule has 0 aromatic carbocycles. The minimum absolute atomic E-state index is 0.0957. The summed E-state index contributed by atoms with van der Waals surface area (Å²) >= 11 is 0. The van der Waals surface area contributed by atoms with Crippen LogP contribution in [0.2, 0.25) is 0 Å². The summed E-state index contributed by atoms with van der Waals surface area (Å²) in [6, 6.07) is 0. The second kappa shape index (κ2) is 2.37. The standard InChI is InChI=1S/C11H16O2/c1-6-8-4-9(11(8,2)3)7(5-12)10(6)13/h5-6,8-9,12H,4H2,1-3H3/b7-5+/t6-,8+,9-/m1/s1. The van der Waals surface area contributed by atoms with Crippen LogP contribution in [0.15, 0.2) is 11.8 Å². The van der Waals surface area contributed by atoms with Gasteiger partial charge in [0.2, 0.25) is 0 Å². The molecule has 0 aromatic rings. The van der Waals surface area contributed by atoms with Gasteiger partial charge in [-0.2, -0.15) is 0 Å². The Hall–Kier alpha value is -0.790. The number of carbonyl (C=O) groups excluding carboxylic acids is 1. The van der Waals surface area contributed by atoms with E-state index in [0.717, 1.165) is 12.7 Å². The molecule has 0 radical (unpaired) electrons. The topological polar surface area (TPSA) is 37.3 Å². The Bertz CT molecular complexity index is 288. The van der Waals surface area contributed by atoms with Gasteiger partial charge in [0, 0.05) is 11.5 Å². The lowest BCUT2D eigenvalue weighted by molar-refractivity contribution is -0.140. The number of aliphatic hydroxyl groups is 1. The zero-order valence-corrected chi connectivity index (χ0v) is 8.37. The zero-order chi connectivity index (χ0) is 9.80. The van der Waals surface area contributed by atoms with Gasteiger partial charge in [0.25, 0.3) is 0 Å². The number of fused-ring (bicyclic) bond motifs is 2. The van der Waals surface area contributed by atoms with E-state index in [0.29, 0.717) is 17.4 Å². The first-order valence-electron chi connectivity index (χ1n) is 4.88. The molecule has 3 aliphatic rings. The average molecular weight is 180 g/mol. The molecule has 0 aromatic heterocycles. The fourth-order valence-electron chi connectivity index (χ4n) is 3.11. The third kappa shape index (κ3) is 0.862. The Balaban J connectivity index is 2.39. The summed E-state index contributed by atoms with van der Waals surface area (Å²) in [5.74, 6) is 1.07. The van der Waals surface area contributed by atoms with Gasteiger partial charge in [-0.3, -0.25) is 4.79 Å². The van der Waals surface area contributed by atoms with Gasteiger partial charge in [-0.05, 0) is 23.7 Å². The molecule has 3 saturated carbocycles. The monoisotopic (exact) mass is 180 g/mol. The van der Waals surface area contributed by atoms with Gasteiger partial charge in [0.1, 0.15) is 0 Å². The molecule has 2 nitrogen and oxygen atoms in total. The number of rotatable bonds is 0. The van der Waals surface area contributed by atoms with Gasteiger partial charge in [0.05, 0.1) is 6.26 Å². The summed E-state index contributed by atoms with van der Waals surface area (Å²) in [6.45, 7) is 6.37. The molecule has 3 atom stereocenters. The second-order valence-electron chi connectivity index (χ2n) is 4.95. The Labute approximate surface area is 78.6 Å². The third-order valence-electron chi connectivity index (χ3n) is 4.16. The SMILES string of the molecule is C[C@H]1C(=O)/C(=C/O)[C@H]2C[C@@H]1C2(C)C. The van der Waals surface area contributed by atoms with Crippen LogP contribution in [0.25, 0.3) is 0 Å². The molecule has 3 fully saturated rings. The van der Waals surface area contributed by atoms with Crippen LogP contribution < -0.4 is 0 Å². The first-order chi connectivity index (χ1) is 6.00. The van der Waals surface area contributed by atoms with Crippen LogP contribution in [0.1, 0.15) is 27.2 Å². The smallest absolute Gasteiger partial charge is 0.165 e. The van der Waals surface area contributed by atoms with Gasteiger partial charge in [-0.15, -0.1) is 0 Å². The van der Waals surface area contributed by atoms with Gasteiger partial charge in [-0.1, -0.05) is 20.8 Å². The van der Waals surface area contributed by atoms with Crippen molar-refractivity contribution >= 4 is 5.78 Å². The maximum Gasteiger partial charge on any atom is 0.165 e. The Morgan fingerprint density at radius 2 is 2.15 bits per heavy atom. The number of ketones is 1. The molecule has 0 aliphatic heterocycles. The van der Waals surface area contributed by atoms with Crippen molar-refractivity contribution in [2.75, 3.05) is 0 Å². The fourth-order valence-corrected chi connectivity index (χ4v) is 3.11. The number of aliphatic hydroxyl groups excluding tert-OH is 1. The van der Waals surface area contributed by atoms with Crippen molar-refractivity contribution in [3.05, 3.63) is 11.8 Å². The highest BCUT2D eigenvalue weighted by Gasteiger charge is 2.58. The van der Waals surface area contributed by atoms with Crippen LogP contribution in [0, 0.1) is 23.2 Å². The van der Waals surface area contributed by atoms with E-state index in [1.54, 1.807) is 0 Å². The van der Waals surface area contributed by atoms with Gasteiger partial charge < -0.3 is 5.11 Å². The lowest BCUT2D eigenvalue weighted by atomic mass is 9.44. The Morgan fingerprint density at radius 3 is 2.62 bits per heavy atom. The zero-order valence-electron chi connectivity index (χ0n) is 8.37. The van der Waals surface area contributed by atoms with Crippen LogP contribution in [0.3, 0.4) is 0 Å². The first-order valence-corrected chi connectivity index (χ1v) is 4.88. The van der Waals surface area contributed by atoms with Crippen molar-refractivity contribution in [2.24, 2.45) is 23.2 Å². The molecule has 0 spiro atoms. The summed E-state index contributed by atoms with van der Waals surface area (Å²) < 4.78 is 0. The number of allylic oxidation sites excluding steroid dienone is 1. The Morgan fingerprint density at radius 1 is 1.54 bits per heavy atom. The van der Waals surface area contributed by atoms with Crippen molar-refractivity contribution in [1.82, 2.24) is 0 Å². The molecular formula is C11H16O2. The summed E-state index contributed by atoms with van der Waals surface area (Å²) in [4.78, 5) is 11.7. The molecule has 3 aliphatic carbocycles. The predicted octanol–water partition coefficient (Wildman–Crippen LogP) is 2.31. The van der Waals surface area contributed by atoms with Crippen LogP contribution >= 0.6 is 0 Å². The molecule has 13 heavy (non-hydrogen) atoms. The predicted molar refractivity (Wildman–Crippen MR) is 50.3 cm³/mol. The van der Waals surface area contributed by atoms with Crippen LogP contribution in [0.5, 0.6) is 0 Å². The second-order valence-corrected chi connectivity index (χ2v) is 4.95. The first kappa shape index (κ1) is 8.79. The van der Waals surface area contributed by atoms with E-state index in [1.807, 2.05) is 6.92 Å². The molecule has 2 heteroatoms. The Kier molecular flexibility index (Phi) is 1.60. The minimum atomic E-state index is 0.0957. The van der Waals surface area contributed by atoms with Gasteiger partial charge in [0.15, 0.2) is 5.78 Å². The average Bonchev–Trinajstić information content (AvgIpc) is 2.08. The van der Waals surface area contributed by atoms with Crippen molar-refractivity contribution in [3.63, 3.8) is 0 Å². The van der Waals surface area contributed by atoms with Crippen LogP contribution in [-0.2, 0) is 4.79 Å². The van der Waals surface area contributed by atoms with Crippen LogP contribution in [0.4, 0.5) is 0 Å². The minimum Gasteiger partial charge on any atom is -0.515 e. The van der Waals surface area contributed by atoms with Crippen molar-refractivity contribution in [3.8, 4) is 0 Å². The van der Waals surface area contributed by atoms with Gasteiger partial charge in [-0.25, -0.2) is 0 Å². The molecule has 72 valence electrons. The molecule has 0 heterocycles. The van der Waals surface area contributed by atoms with E-state index in [9.17, 15) is 4.79 Å². The molecule has 0 saturated heterocycles. The molecule has 0 amide bonds. The van der Waals surface area contributed by atoms with E-state index < -0.39 is 0 Å². The summed E-state index contributed by atoms with van der Waals surface area (Å²) in [5, 5.41) is 9.02. The maximum atomic E-state index is 11.7. The van der Waals surface area contributed by atoms with E-state index in [4.69, 9.17) is 5.11 Å². The third-order valence-corrected chi connectivity index (χ3v) is 4.16. The molecule has 2 bridgehead atoms. The van der Waals surface area contributed by atoms with E-state index in [2.05, 4.69) is 13.8 Å². The highest BCUT2D eigenvalue weighted by atomic mass is 16.2. The number of Topliss-reactive ketones (excluding diaryl/α,β-unsaturated/α-hetero) is 1. The highest BCUT2D eigenvalue weighted by Crippen LogP contribution is 2.61. The molecule has 3 rings (SSSR count). The highest BCUT2D eigenvalue weighted by molar-refractivity contribution is 5.99. The maximum absolute atomic E-state index is 11.7. The number of carbonyl (C=O) groups is 1. The summed E-state index contributed by atoms with van der Waals surface area (Å²) in [6.07, 6.45) is 2.10. The summed E-state index contributed by atoms with van der Waals surface area (Å²) in [5.41, 5.74) is 0.863. The van der Waals surface area contributed by atoms with Crippen molar-refractivity contribution in [2.45, 2.75) is 27.2 Å². The fraction of sp³-hybridized carbons (Fsp3) is 0.727. The van der Waals surface area contributed by atoms with E-state index >= 15 is 0 Å². The number of hydrogen-bond acceptors (Lipinski definition) is 2. The van der Waals surface area contributed by atoms with Gasteiger partial charge >= 0.3 is 0 Å². The normalized spacial score (nSPS) is 44.7. The van der Waals surface area contributed by atoms with E-state index in [-0.39, 0.29) is 17.1 Å². The summed E-state index contributed by atoms with van der Waals surface area (Å²) in [7, 11) is 0. The number of hydrogen-bond donors (Lipinski definition) is 1.